The Labute approximate surface area is 192 Å². The summed E-state index contributed by atoms with van der Waals surface area (Å²) in [6.07, 6.45) is 8.00. The van der Waals surface area contributed by atoms with Gasteiger partial charge in [0.05, 0.1) is 0 Å². The van der Waals surface area contributed by atoms with Gasteiger partial charge in [-0.1, -0.05) is 13.0 Å². The van der Waals surface area contributed by atoms with Crippen LogP contribution >= 0.6 is 0 Å². The summed E-state index contributed by atoms with van der Waals surface area (Å²) >= 11 is 0. The first-order chi connectivity index (χ1) is 13.8. The molecule has 7 heteroatoms. The second-order valence-electron chi connectivity index (χ2n) is 9.24. The molecule has 1 atom stereocenters. The first-order valence-corrected chi connectivity index (χ1v) is 12.6. The molecule has 0 saturated carbocycles. The van der Waals surface area contributed by atoms with Gasteiger partial charge in [0.25, 0.3) is 0 Å². The Morgan fingerprint density at radius 3 is 2.63 bits per heavy atom. The fourth-order valence-electron chi connectivity index (χ4n) is 4.19. The van der Waals surface area contributed by atoms with Gasteiger partial charge in [0.1, 0.15) is 24.5 Å². The molecule has 1 aromatic carbocycles. The second kappa shape index (κ2) is 10.7. The van der Waals surface area contributed by atoms with E-state index in [-0.39, 0.29) is 17.9 Å². The number of hydrogen-bond acceptors (Lipinski definition) is 3. The summed E-state index contributed by atoms with van der Waals surface area (Å²) in [5.74, 6) is 0.712. The van der Waals surface area contributed by atoms with E-state index in [1.807, 2.05) is 6.07 Å². The number of halogens is 1. The average Bonchev–Trinajstić information content (AvgIpc) is 3.07. The Hall–Kier alpha value is -1.50. The highest BCUT2D eigenvalue weighted by molar-refractivity contribution is 6.08. The topological polar surface area (TPSA) is 41.3 Å². The quantitative estimate of drug-likeness (QED) is 0.336. The maximum atomic E-state index is 5.99. The molecule has 168 valence electrons. The molecule has 2 N–H and O–H groups in total. The van der Waals surface area contributed by atoms with Gasteiger partial charge in [0.15, 0.2) is 0 Å². The molecule has 5 nitrogen and oxygen atoms in total. The summed E-state index contributed by atoms with van der Waals surface area (Å²) in [4.78, 5) is 5.12. The van der Waals surface area contributed by atoms with E-state index >= 15 is 0 Å². The third-order valence-corrected chi connectivity index (χ3v) is 8.28. The summed E-state index contributed by atoms with van der Waals surface area (Å²) in [5.41, 5.74) is 9.54. The Bertz CT molecular complexity index is 807. The molecule has 1 unspecified atom stereocenters. The van der Waals surface area contributed by atoms with E-state index in [0.29, 0.717) is 5.92 Å². The molecule has 3 rings (SSSR count). The average molecular weight is 450 g/mol. The van der Waals surface area contributed by atoms with Crippen LogP contribution in [0.25, 0.3) is 0 Å². The molecule has 0 amide bonds. The number of aromatic nitrogens is 2. The molecule has 0 spiro atoms. The highest BCUT2D eigenvalue weighted by Crippen LogP contribution is 2.23. The van der Waals surface area contributed by atoms with Crippen molar-refractivity contribution < 1.29 is 17.0 Å². The van der Waals surface area contributed by atoms with E-state index in [4.69, 9.17) is 5.73 Å². The van der Waals surface area contributed by atoms with Crippen molar-refractivity contribution in [2.45, 2.75) is 52.2 Å². The largest absolute Gasteiger partial charge is 1.00 e. The van der Waals surface area contributed by atoms with Crippen LogP contribution in [0, 0.1) is 12.8 Å². The lowest BCUT2D eigenvalue weighted by Gasteiger charge is -2.27. The molecular weight excluding hydrogens is 410 g/mol. The van der Waals surface area contributed by atoms with Gasteiger partial charge in [0, 0.05) is 54.3 Å². The maximum absolute atomic E-state index is 5.99. The summed E-state index contributed by atoms with van der Waals surface area (Å²) in [7, 11) is 1.27. The number of imidazole rings is 1. The Balaban J connectivity index is 0.00000320. The zero-order valence-electron chi connectivity index (χ0n) is 19.4. The molecule has 0 radical (unpaired) electrons. The van der Waals surface area contributed by atoms with Gasteiger partial charge in [-0.2, -0.15) is 0 Å². The lowest BCUT2D eigenvalue weighted by molar-refractivity contribution is -0.764. The fraction of sp³-hybridized carbons (Fsp3) is 0.609. The monoisotopic (exact) mass is 449 g/mol. The van der Waals surface area contributed by atoms with E-state index in [2.05, 4.69) is 77.5 Å². The van der Waals surface area contributed by atoms with Gasteiger partial charge in [0.2, 0.25) is 6.33 Å². The molecule has 1 saturated heterocycles. The third kappa shape index (κ3) is 5.80. The third-order valence-electron chi connectivity index (χ3n) is 7.06. The summed E-state index contributed by atoms with van der Waals surface area (Å²) < 4.78 is 4.76. The molecule has 0 bridgehead atoms. The molecule has 0 aliphatic carbocycles. The lowest BCUT2D eigenvalue weighted by Crippen LogP contribution is -3.00. The van der Waals surface area contributed by atoms with E-state index in [1.54, 1.807) is 0 Å². The molecule has 2 aromatic rings. The number of nitrogens with two attached hydrogens (primary N) is 1. The predicted molar refractivity (Wildman–Crippen MR) is 127 cm³/mol. The minimum absolute atomic E-state index is 0. The highest BCUT2D eigenvalue weighted by atomic mass is 35.5. The maximum Gasteiger partial charge on any atom is 0.244 e. The van der Waals surface area contributed by atoms with Crippen molar-refractivity contribution in [3.8, 4) is 0 Å². The Kier molecular flexibility index (Phi) is 8.82. The van der Waals surface area contributed by atoms with E-state index in [9.17, 15) is 0 Å². The number of benzene rings is 1. The Morgan fingerprint density at radius 2 is 1.93 bits per heavy atom. The first kappa shape index (κ1) is 24.8. The van der Waals surface area contributed by atoms with Crippen molar-refractivity contribution in [1.82, 2.24) is 9.47 Å². The number of nitrogens with zero attached hydrogens (tertiary/aromatic N) is 4. The van der Waals surface area contributed by atoms with Crippen LogP contribution in [0.2, 0.25) is 6.04 Å². The van der Waals surface area contributed by atoms with Crippen LogP contribution in [-0.2, 0) is 12.1 Å². The second-order valence-corrected chi connectivity index (χ2v) is 10.1. The van der Waals surface area contributed by atoms with E-state index < -0.39 is 0 Å². The van der Waals surface area contributed by atoms with Gasteiger partial charge in [-0.05, 0) is 56.9 Å². The van der Waals surface area contributed by atoms with Crippen LogP contribution in [0.1, 0.15) is 32.8 Å². The highest BCUT2D eigenvalue weighted by Gasteiger charge is 2.31. The Morgan fingerprint density at radius 1 is 1.17 bits per heavy atom. The van der Waals surface area contributed by atoms with Crippen molar-refractivity contribution in [1.29, 1.82) is 0 Å². The molecule has 1 aliphatic rings. The minimum Gasteiger partial charge on any atom is -1.00 e. The van der Waals surface area contributed by atoms with Gasteiger partial charge in [-0.3, -0.25) is 4.90 Å². The van der Waals surface area contributed by atoms with E-state index in [0.717, 1.165) is 38.4 Å². The zero-order valence-corrected chi connectivity index (χ0v) is 22.2. The molecule has 2 heterocycles. The zero-order chi connectivity index (χ0) is 21.0. The standard InChI is InChI=1S/C23H40N5Si.ClH/c1-19-16-21(6-7-22(19)24)27-9-5-8-25(12-14-27)10-11-26-13-15-28(18-26)23(3,4)20(2)17-29;/h6-7,13,15-16,18,20H,5,8-12,14,17,24H2,1-4,29H3;1H/q+1;/p-1. The number of rotatable bonds is 7. The van der Waals surface area contributed by atoms with Crippen LogP contribution in [-0.4, -0.2) is 52.4 Å². The number of nitrogen functional groups attached to an aromatic ring is 1. The molecule has 1 aromatic heterocycles. The van der Waals surface area contributed by atoms with Gasteiger partial charge < -0.3 is 23.0 Å². The smallest absolute Gasteiger partial charge is 0.244 e. The molecule has 30 heavy (non-hydrogen) atoms. The number of aryl methyl sites for hydroxylation is 1. The fourth-order valence-corrected chi connectivity index (χ4v) is 5.19. The van der Waals surface area contributed by atoms with Crippen LogP contribution in [0.15, 0.2) is 36.9 Å². The molecule has 1 aliphatic heterocycles. The van der Waals surface area contributed by atoms with Crippen LogP contribution in [0.5, 0.6) is 0 Å². The minimum atomic E-state index is 0. The van der Waals surface area contributed by atoms with Crippen molar-refractivity contribution in [2.24, 2.45) is 5.92 Å². The summed E-state index contributed by atoms with van der Waals surface area (Å²) in [6, 6.07) is 7.77. The predicted octanol–water partition coefficient (Wildman–Crippen LogP) is -0.963. The first-order valence-electron chi connectivity index (χ1n) is 11.2. The van der Waals surface area contributed by atoms with Gasteiger partial charge in [-0.25, -0.2) is 9.13 Å². The van der Waals surface area contributed by atoms with Crippen LogP contribution in [0.4, 0.5) is 11.4 Å². The van der Waals surface area contributed by atoms with Gasteiger partial charge >= 0.3 is 0 Å². The van der Waals surface area contributed by atoms with Gasteiger partial charge in [-0.15, -0.1) is 0 Å². The SMILES string of the molecule is Cc1cc(N2CCCN(CCn3cc[n+](C(C)(C)C(C)C[SiH3])c3)CC2)ccc1N.[Cl-]. The summed E-state index contributed by atoms with van der Waals surface area (Å²) in [5, 5.41) is 0. The normalized spacial score (nSPS) is 16.9. The molecule has 1 fully saturated rings. The van der Waals surface area contributed by atoms with Crippen molar-refractivity contribution in [3.05, 3.63) is 42.5 Å². The number of hydrogen-bond donors (Lipinski definition) is 1. The van der Waals surface area contributed by atoms with Crippen LogP contribution < -0.4 is 27.6 Å². The number of anilines is 2. The van der Waals surface area contributed by atoms with Crippen molar-refractivity contribution in [2.75, 3.05) is 43.4 Å². The van der Waals surface area contributed by atoms with Crippen molar-refractivity contribution in [3.63, 3.8) is 0 Å². The van der Waals surface area contributed by atoms with Crippen LogP contribution in [0.3, 0.4) is 0 Å². The summed E-state index contributed by atoms with van der Waals surface area (Å²) in [6.45, 7) is 15.9. The lowest BCUT2D eigenvalue weighted by atomic mass is 9.90. The molecular formula is C23H40ClN5Si. The van der Waals surface area contributed by atoms with E-state index in [1.165, 1.54) is 40.5 Å². The van der Waals surface area contributed by atoms with Crippen molar-refractivity contribution >= 4 is 21.6 Å².